The molecule has 1 aliphatic heterocycles. The van der Waals surface area contributed by atoms with Crippen LogP contribution in [0.2, 0.25) is 0 Å². The number of carbonyl (C=O) groups excluding carboxylic acids is 1. The van der Waals surface area contributed by atoms with Crippen LogP contribution in [0.15, 0.2) is 0 Å². The number of carbonyl (C=O) groups is 1. The molecule has 0 aromatic heterocycles. The van der Waals surface area contributed by atoms with E-state index >= 15 is 0 Å². The third-order valence-corrected chi connectivity index (χ3v) is 5.37. The minimum Gasteiger partial charge on any atom is -0.355 e. The van der Waals surface area contributed by atoms with Gasteiger partial charge in [0.05, 0.1) is 5.92 Å². The smallest absolute Gasteiger partial charge is 0.224 e. The third kappa shape index (κ3) is 4.43. The minimum absolute atomic E-state index is 0.167. The van der Waals surface area contributed by atoms with Crippen LogP contribution in [0.25, 0.3) is 0 Å². The highest BCUT2D eigenvalue weighted by molar-refractivity contribution is 5.78. The van der Waals surface area contributed by atoms with Gasteiger partial charge in [0, 0.05) is 25.7 Å². The van der Waals surface area contributed by atoms with E-state index in [9.17, 15) is 4.79 Å². The van der Waals surface area contributed by atoms with E-state index in [0.29, 0.717) is 19.1 Å². The van der Waals surface area contributed by atoms with Gasteiger partial charge in [-0.25, -0.2) is 0 Å². The van der Waals surface area contributed by atoms with E-state index in [2.05, 4.69) is 24.1 Å². The van der Waals surface area contributed by atoms with Crippen LogP contribution in [0.4, 0.5) is 0 Å². The number of nitrogens with zero attached hydrogens (tertiary/aromatic N) is 1. The fourth-order valence-electron chi connectivity index (χ4n) is 4.23. The van der Waals surface area contributed by atoms with Crippen LogP contribution in [-0.2, 0) is 4.79 Å². The fraction of sp³-hybridized carbons (Fsp3) is 0.941. The average molecular weight is 295 g/mol. The van der Waals surface area contributed by atoms with Gasteiger partial charge in [-0.05, 0) is 44.1 Å². The SMILES string of the molecule is CC(C)C1CCCCC1N1CCCC(C(=O)NCCN)C1. The van der Waals surface area contributed by atoms with Gasteiger partial charge in [-0.1, -0.05) is 26.7 Å². The van der Waals surface area contributed by atoms with Gasteiger partial charge in [0.25, 0.3) is 0 Å². The Hall–Kier alpha value is -0.610. The number of likely N-dealkylation sites (tertiary alicyclic amines) is 1. The van der Waals surface area contributed by atoms with Crippen LogP contribution < -0.4 is 11.1 Å². The molecule has 0 radical (unpaired) electrons. The lowest BCUT2D eigenvalue weighted by Gasteiger charge is -2.45. The molecule has 4 nitrogen and oxygen atoms in total. The van der Waals surface area contributed by atoms with Crippen molar-refractivity contribution in [2.45, 2.75) is 58.4 Å². The van der Waals surface area contributed by atoms with Gasteiger partial charge in [0.1, 0.15) is 0 Å². The van der Waals surface area contributed by atoms with Crippen molar-refractivity contribution < 1.29 is 4.79 Å². The zero-order valence-electron chi connectivity index (χ0n) is 13.8. The molecule has 2 fully saturated rings. The first-order chi connectivity index (χ1) is 10.1. The summed E-state index contributed by atoms with van der Waals surface area (Å²) in [4.78, 5) is 14.8. The molecule has 3 atom stereocenters. The molecule has 1 saturated heterocycles. The molecule has 0 aromatic rings. The summed E-state index contributed by atoms with van der Waals surface area (Å²) in [5.74, 6) is 1.94. The van der Waals surface area contributed by atoms with Crippen molar-refractivity contribution in [1.82, 2.24) is 10.2 Å². The molecule has 1 amide bonds. The summed E-state index contributed by atoms with van der Waals surface area (Å²) in [6.07, 6.45) is 7.61. The normalized spacial score (nSPS) is 31.3. The van der Waals surface area contributed by atoms with Crippen molar-refractivity contribution in [3.8, 4) is 0 Å². The lowest BCUT2D eigenvalue weighted by atomic mass is 9.76. The Labute approximate surface area is 129 Å². The summed E-state index contributed by atoms with van der Waals surface area (Å²) in [6.45, 7) is 7.98. The van der Waals surface area contributed by atoms with Gasteiger partial charge in [0.2, 0.25) is 5.91 Å². The largest absolute Gasteiger partial charge is 0.355 e. The van der Waals surface area contributed by atoms with Gasteiger partial charge in [-0.2, -0.15) is 0 Å². The van der Waals surface area contributed by atoms with Crippen molar-refractivity contribution in [3.05, 3.63) is 0 Å². The first-order valence-electron chi connectivity index (χ1n) is 8.85. The predicted octanol–water partition coefficient (Wildman–Crippen LogP) is 1.99. The standard InChI is InChI=1S/C17H33N3O/c1-13(2)15-7-3-4-8-16(15)20-11-5-6-14(12-20)17(21)19-10-9-18/h13-16H,3-12,18H2,1-2H3,(H,19,21). The van der Waals surface area contributed by atoms with E-state index in [1.165, 1.54) is 32.2 Å². The Morgan fingerprint density at radius 3 is 2.71 bits per heavy atom. The van der Waals surface area contributed by atoms with E-state index in [4.69, 9.17) is 5.73 Å². The number of piperidine rings is 1. The Morgan fingerprint density at radius 2 is 2.00 bits per heavy atom. The summed E-state index contributed by atoms with van der Waals surface area (Å²) in [7, 11) is 0. The van der Waals surface area contributed by atoms with Crippen molar-refractivity contribution in [1.29, 1.82) is 0 Å². The Balaban J connectivity index is 1.94. The van der Waals surface area contributed by atoms with Crippen molar-refractivity contribution in [2.24, 2.45) is 23.5 Å². The molecule has 0 aromatic carbocycles. The van der Waals surface area contributed by atoms with Crippen LogP contribution in [0.3, 0.4) is 0 Å². The number of hydrogen-bond acceptors (Lipinski definition) is 3. The van der Waals surface area contributed by atoms with Gasteiger partial charge in [-0.15, -0.1) is 0 Å². The summed E-state index contributed by atoms with van der Waals surface area (Å²) in [5, 5.41) is 2.97. The first kappa shape index (κ1) is 16.8. The lowest BCUT2D eigenvalue weighted by molar-refractivity contribution is -0.127. The van der Waals surface area contributed by atoms with Crippen molar-refractivity contribution in [2.75, 3.05) is 26.2 Å². The summed E-state index contributed by atoms with van der Waals surface area (Å²) < 4.78 is 0. The average Bonchev–Trinajstić information content (AvgIpc) is 2.52. The second-order valence-corrected chi connectivity index (χ2v) is 7.17. The maximum atomic E-state index is 12.2. The van der Waals surface area contributed by atoms with Gasteiger partial charge in [0.15, 0.2) is 0 Å². The molecule has 21 heavy (non-hydrogen) atoms. The van der Waals surface area contributed by atoms with Crippen LogP contribution in [0.5, 0.6) is 0 Å². The monoisotopic (exact) mass is 295 g/mol. The van der Waals surface area contributed by atoms with E-state index in [0.717, 1.165) is 31.2 Å². The maximum Gasteiger partial charge on any atom is 0.224 e. The number of nitrogens with one attached hydrogen (secondary N) is 1. The molecule has 1 saturated carbocycles. The minimum atomic E-state index is 0.167. The first-order valence-corrected chi connectivity index (χ1v) is 8.85. The molecular formula is C17H33N3O. The van der Waals surface area contributed by atoms with Gasteiger partial charge >= 0.3 is 0 Å². The number of rotatable bonds is 5. The maximum absolute atomic E-state index is 12.2. The molecule has 2 rings (SSSR count). The topological polar surface area (TPSA) is 58.4 Å². The molecule has 0 spiro atoms. The number of hydrogen-bond donors (Lipinski definition) is 2. The van der Waals surface area contributed by atoms with Gasteiger partial charge in [-0.3, -0.25) is 9.69 Å². The Morgan fingerprint density at radius 1 is 1.24 bits per heavy atom. The molecule has 122 valence electrons. The zero-order chi connectivity index (χ0) is 15.2. The molecule has 1 heterocycles. The highest BCUT2D eigenvalue weighted by Gasteiger charge is 2.35. The van der Waals surface area contributed by atoms with E-state index in [1.54, 1.807) is 0 Å². The van der Waals surface area contributed by atoms with Crippen molar-refractivity contribution in [3.63, 3.8) is 0 Å². The predicted molar refractivity (Wildman–Crippen MR) is 86.9 cm³/mol. The summed E-state index contributed by atoms with van der Waals surface area (Å²) in [6, 6.07) is 0.698. The lowest BCUT2D eigenvalue weighted by Crippen LogP contribution is -2.51. The number of amides is 1. The molecule has 3 N–H and O–H groups in total. The zero-order valence-corrected chi connectivity index (χ0v) is 13.8. The molecule has 1 aliphatic carbocycles. The molecule has 3 unspecified atom stereocenters. The Kier molecular flexibility index (Phi) is 6.49. The fourth-order valence-corrected chi connectivity index (χ4v) is 4.23. The molecule has 4 heteroatoms. The highest BCUT2D eigenvalue weighted by Crippen LogP contribution is 2.35. The van der Waals surface area contributed by atoms with E-state index in [1.807, 2.05) is 0 Å². The van der Waals surface area contributed by atoms with Crippen LogP contribution >= 0.6 is 0 Å². The van der Waals surface area contributed by atoms with Crippen LogP contribution in [-0.4, -0.2) is 43.0 Å². The second kappa shape index (κ2) is 8.14. The molecule has 0 bridgehead atoms. The van der Waals surface area contributed by atoms with Crippen LogP contribution in [0.1, 0.15) is 52.4 Å². The van der Waals surface area contributed by atoms with E-state index < -0.39 is 0 Å². The van der Waals surface area contributed by atoms with Crippen LogP contribution in [0, 0.1) is 17.8 Å². The third-order valence-electron chi connectivity index (χ3n) is 5.37. The molecule has 2 aliphatic rings. The number of nitrogens with two attached hydrogens (primary N) is 1. The van der Waals surface area contributed by atoms with Gasteiger partial charge < -0.3 is 11.1 Å². The quantitative estimate of drug-likeness (QED) is 0.815. The second-order valence-electron chi connectivity index (χ2n) is 7.17. The Bertz CT molecular complexity index is 332. The summed E-state index contributed by atoms with van der Waals surface area (Å²) >= 11 is 0. The highest BCUT2D eigenvalue weighted by atomic mass is 16.1. The van der Waals surface area contributed by atoms with Crippen molar-refractivity contribution >= 4 is 5.91 Å². The molecular weight excluding hydrogens is 262 g/mol. The van der Waals surface area contributed by atoms with E-state index in [-0.39, 0.29) is 11.8 Å². The summed E-state index contributed by atoms with van der Waals surface area (Å²) in [5.41, 5.74) is 5.48.